The van der Waals surface area contributed by atoms with Crippen LogP contribution in [0, 0.1) is 12.1 Å². The van der Waals surface area contributed by atoms with Crippen molar-refractivity contribution in [3.63, 3.8) is 0 Å². The number of rotatable bonds is 2. The Morgan fingerprint density at radius 2 is 1.19 bits per heavy atom. The molecule has 0 amide bonds. The molecule has 0 atom stereocenters. The van der Waals surface area contributed by atoms with Gasteiger partial charge in [-0.25, -0.2) is 12.2 Å². The third-order valence-corrected chi connectivity index (χ3v) is 8.70. The van der Waals surface area contributed by atoms with Gasteiger partial charge >= 0.3 is 151 Å². The summed E-state index contributed by atoms with van der Waals surface area (Å²) in [4.78, 5) is 0. The van der Waals surface area contributed by atoms with Gasteiger partial charge in [0.1, 0.15) is 0 Å². The molecule has 42 heavy (non-hydrogen) atoms. The molecule has 0 unspecified atom stereocenters. The Hall–Kier alpha value is -2.31. The van der Waals surface area contributed by atoms with E-state index in [1.54, 1.807) is 0 Å². The van der Waals surface area contributed by atoms with Crippen LogP contribution in [0.5, 0.6) is 0 Å². The molecule has 2 aliphatic rings. The Bertz CT molecular complexity index is 1380. The van der Waals surface area contributed by atoms with Crippen molar-refractivity contribution in [2.75, 3.05) is 0 Å². The fraction of sp³-hybridized carbons (Fsp3) is 0.256. The van der Waals surface area contributed by atoms with E-state index in [-0.39, 0.29) is 35.6 Å². The van der Waals surface area contributed by atoms with E-state index >= 15 is 0 Å². The average molecular weight is 671 g/mol. The number of fused-ring (bicyclic) bond motifs is 3. The van der Waals surface area contributed by atoms with Gasteiger partial charge < -0.3 is 24.8 Å². The molecule has 3 heteroatoms. The summed E-state index contributed by atoms with van der Waals surface area (Å²) >= 11 is 1.46. The van der Waals surface area contributed by atoms with E-state index in [9.17, 15) is 0 Å². The average Bonchev–Trinajstić information content (AvgIpc) is 3.64. The predicted octanol–water partition coefficient (Wildman–Crippen LogP) is 3.77. The summed E-state index contributed by atoms with van der Waals surface area (Å²) in [6.45, 7) is 13.6. The molecular weight excluding hydrogens is 631 g/mol. The fourth-order valence-electron chi connectivity index (χ4n) is 4.78. The molecule has 2 aliphatic carbocycles. The van der Waals surface area contributed by atoms with E-state index in [1.807, 2.05) is 18.2 Å². The topological polar surface area (TPSA) is 0 Å². The van der Waals surface area contributed by atoms with E-state index in [2.05, 4.69) is 145 Å². The second-order valence-electron chi connectivity index (χ2n) is 12.4. The predicted molar refractivity (Wildman–Crippen MR) is 169 cm³/mol. The van der Waals surface area contributed by atoms with Crippen molar-refractivity contribution in [1.29, 1.82) is 0 Å². The Morgan fingerprint density at radius 3 is 1.64 bits per heavy atom. The zero-order valence-corrected chi connectivity index (χ0v) is 29.5. The maximum absolute atomic E-state index is 3.30. The van der Waals surface area contributed by atoms with Gasteiger partial charge in [-0.3, -0.25) is 6.08 Å². The first-order valence-corrected chi connectivity index (χ1v) is 15.4. The minimum absolute atomic E-state index is 0. The quantitative estimate of drug-likeness (QED) is 0.251. The summed E-state index contributed by atoms with van der Waals surface area (Å²) in [6.07, 6.45) is 11.0. The SMILES string of the molecule is CC(C)(C)c1ccc([C](=[Zr+2])c2ccc(C(C)(C)C)cc2)cc1.[C-]1=CC=CC1.[Cl-].[Cl-].[c-]1cccc2c1Cc1ccccc1-2. The van der Waals surface area contributed by atoms with Gasteiger partial charge in [-0.05, 0) is 6.42 Å². The van der Waals surface area contributed by atoms with Crippen LogP contribution >= 0.6 is 0 Å². The number of hydrogen-bond donors (Lipinski definition) is 0. The molecule has 0 radical (unpaired) electrons. The molecule has 216 valence electrons. The Labute approximate surface area is 281 Å². The van der Waals surface area contributed by atoms with Crippen LogP contribution in [0.1, 0.15) is 81.3 Å². The third-order valence-electron chi connectivity index (χ3n) is 7.28. The van der Waals surface area contributed by atoms with Crippen LogP contribution < -0.4 is 24.8 Å². The van der Waals surface area contributed by atoms with Crippen molar-refractivity contribution in [3.8, 4) is 11.1 Å². The van der Waals surface area contributed by atoms with Crippen LogP contribution in [0.25, 0.3) is 11.1 Å². The molecule has 6 rings (SSSR count). The van der Waals surface area contributed by atoms with Crippen molar-refractivity contribution in [3.05, 3.63) is 155 Å². The molecule has 0 aromatic heterocycles. The van der Waals surface area contributed by atoms with E-state index in [0.29, 0.717) is 0 Å². The maximum atomic E-state index is 3.30. The zero-order valence-electron chi connectivity index (χ0n) is 25.6. The molecule has 0 N–H and O–H groups in total. The molecule has 0 heterocycles. The minimum Gasteiger partial charge on any atom is -1.00 e. The Morgan fingerprint density at radius 1 is 0.667 bits per heavy atom. The van der Waals surface area contributed by atoms with Crippen LogP contribution in [-0.2, 0) is 41.5 Å². The zero-order chi connectivity index (χ0) is 28.8. The van der Waals surface area contributed by atoms with Gasteiger partial charge in [-0.2, -0.15) is 35.9 Å². The van der Waals surface area contributed by atoms with Gasteiger partial charge in [-0.1, -0.05) is 35.4 Å². The van der Waals surface area contributed by atoms with Gasteiger partial charge in [0.2, 0.25) is 0 Å². The monoisotopic (exact) mass is 668 g/mol. The normalized spacial score (nSPS) is 12.4. The number of halogens is 2. The Balaban J connectivity index is 0.000000258. The third kappa shape index (κ3) is 9.60. The van der Waals surface area contributed by atoms with Crippen LogP contribution in [0.4, 0.5) is 0 Å². The second-order valence-corrected chi connectivity index (χ2v) is 13.7. The van der Waals surface area contributed by atoms with Crippen molar-refractivity contribution in [2.45, 2.75) is 65.2 Å². The van der Waals surface area contributed by atoms with Crippen LogP contribution in [-0.4, -0.2) is 3.21 Å². The van der Waals surface area contributed by atoms with Crippen LogP contribution in [0.2, 0.25) is 0 Å². The smallest absolute Gasteiger partial charge is 0.0253 e. The van der Waals surface area contributed by atoms with E-state index in [4.69, 9.17) is 0 Å². The number of allylic oxidation sites excluding steroid dienone is 4. The summed E-state index contributed by atoms with van der Waals surface area (Å²) in [5.74, 6) is 0. The maximum Gasteiger partial charge on any atom is -0.0253 e. The fourth-order valence-corrected chi connectivity index (χ4v) is 5.60. The molecule has 4 aromatic rings. The van der Waals surface area contributed by atoms with Crippen molar-refractivity contribution in [2.24, 2.45) is 0 Å². The molecule has 0 spiro atoms. The van der Waals surface area contributed by atoms with Gasteiger partial charge in [0.05, 0.1) is 0 Å². The molecule has 0 saturated carbocycles. The summed E-state index contributed by atoms with van der Waals surface area (Å²) < 4.78 is 1.42. The number of benzene rings is 4. The molecule has 0 nitrogen and oxygen atoms in total. The first-order chi connectivity index (χ1) is 19.0. The largest absolute Gasteiger partial charge is 1.00 e. The molecule has 0 aliphatic heterocycles. The van der Waals surface area contributed by atoms with E-state index in [1.165, 1.54) is 71.9 Å². The van der Waals surface area contributed by atoms with Crippen molar-refractivity contribution >= 4 is 3.21 Å². The van der Waals surface area contributed by atoms with Crippen molar-refractivity contribution in [1.82, 2.24) is 0 Å². The van der Waals surface area contributed by atoms with Gasteiger partial charge in [0.15, 0.2) is 0 Å². The standard InChI is InChI=1S/C21H26.C13H9.C5H5.2ClH.Zr/c1-20(2,3)18-11-7-16(8-12-18)15-17-9-13-19(14-10-17)21(4,5)6;1-3-7-12-10(5-1)9-11-6-2-4-8-13(11)12;1-2-4-5-3-1;;;/h7-14H,1-6H3;1-5,7-8H,9H2;1-3H,4H2;2*1H;/q;2*-1;;;+2/p-2. The van der Waals surface area contributed by atoms with Gasteiger partial charge in [0, 0.05) is 0 Å². The summed E-state index contributed by atoms with van der Waals surface area (Å²) in [6, 6.07) is 36.2. The van der Waals surface area contributed by atoms with Gasteiger partial charge in [0.25, 0.3) is 0 Å². The van der Waals surface area contributed by atoms with E-state index < -0.39 is 0 Å². The molecule has 0 bridgehead atoms. The van der Waals surface area contributed by atoms with E-state index in [0.717, 1.165) is 12.8 Å². The van der Waals surface area contributed by atoms with Crippen LogP contribution in [0.3, 0.4) is 0 Å². The van der Waals surface area contributed by atoms with Crippen LogP contribution in [0.15, 0.2) is 109 Å². The summed E-state index contributed by atoms with van der Waals surface area (Å²) in [7, 11) is 0. The van der Waals surface area contributed by atoms with Crippen molar-refractivity contribution < 1.29 is 49.0 Å². The summed E-state index contributed by atoms with van der Waals surface area (Å²) in [5.41, 5.74) is 11.4. The first-order valence-electron chi connectivity index (χ1n) is 14.1. The molecule has 4 aromatic carbocycles. The minimum atomic E-state index is 0. The second kappa shape index (κ2) is 16.0. The summed E-state index contributed by atoms with van der Waals surface area (Å²) in [5, 5.41) is 0. The Kier molecular flexibility index (Phi) is 13.6. The first kappa shape index (κ1) is 35.9. The molecular formula is C39H40Cl2Zr-2. The molecule has 0 fully saturated rings. The molecule has 0 saturated heterocycles. The van der Waals surface area contributed by atoms with Gasteiger partial charge in [-0.15, -0.1) is 12.0 Å². The number of hydrogen-bond acceptors (Lipinski definition) is 0.